The van der Waals surface area contributed by atoms with Crippen molar-refractivity contribution in [3.8, 4) is 0 Å². The van der Waals surface area contributed by atoms with Crippen LogP contribution in [0.25, 0.3) is 6.08 Å². The quantitative estimate of drug-likeness (QED) is 0.786. The Labute approximate surface area is 111 Å². The zero-order valence-electron chi connectivity index (χ0n) is 11.4. The van der Waals surface area contributed by atoms with Crippen molar-refractivity contribution in [1.29, 1.82) is 0 Å². The van der Waals surface area contributed by atoms with E-state index in [-0.39, 0.29) is 0 Å². The van der Waals surface area contributed by atoms with Crippen LogP contribution in [0, 0.1) is 0 Å². The monoisotopic (exact) mass is 244 g/mol. The summed E-state index contributed by atoms with van der Waals surface area (Å²) in [6, 6.07) is 10.5. The minimum Gasteiger partial charge on any atom is -0.301 e. The van der Waals surface area contributed by atoms with Crippen LogP contribution in [0.2, 0.25) is 0 Å². The van der Waals surface area contributed by atoms with Gasteiger partial charge in [0.15, 0.2) is 0 Å². The molecule has 0 unspecified atom stereocenters. The summed E-state index contributed by atoms with van der Waals surface area (Å²) < 4.78 is 0. The summed E-state index contributed by atoms with van der Waals surface area (Å²) in [5.74, 6) is 0. The Bertz CT molecular complexity index is 351. The molecule has 0 radical (unpaired) electrons. The van der Waals surface area contributed by atoms with Crippen LogP contribution in [-0.2, 0) is 0 Å². The molecule has 18 heavy (non-hydrogen) atoms. The largest absolute Gasteiger partial charge is 0.301 e. The van der Waals surface area contributed by atoms with E-state index in [0.29, 0.717) is 0 Å². The van der Waals surface area contributed by atoms with Crippen LogP contribution in [0.15, 0.2) is 36.4 Å². The van der Waals surface area contributed by atoms with Gasteiger partial charge < -0.3 is 4.90 Å². The summed E-state index contributed by atoms with van der Waals surface area (Å²) in [7, 11) is 0. The first-order valence-corrected chi connectivity index (χ1v) is 7.05. The first-order chi connectivity index (χ1) is 8.88. The van der Waals surface area contributed by atoms with Crippen molar-refractivity contribution in [2.45, 2.75) is 13.3 Å². The Kier molecular flexibility index (Phi) is 5.43. The molecule has 2 heteroatoms. The van der Waals surface area contributed by atoms with Crippen LogP contribution >= 0.6 is 0 Å². The molecule has 1 aliphatic heterocycles. The molecule has 0 aliphatic carbocycles. The molecule has 2 nitrogen and oxygen atoms in total. The molecule has 0 spiro atoms. The molecule has 98 valence electrons. The lowest BCUT2D eigenvalue weighted by Crippen LogP contribution is -2.46. The van der Waals surface area contributed by atoms with Crippen LogP contribution < -0.4 is 0 Å². The molecule has 1 aliphatic rings. The fraction of sp³-hybridized carbons (Fsp3) is 0.500. The van der Waals surface area contributed by atoms with Gasteiger partial charge in [-0.2, -0.15) is 0 Å². The van der Waals surface area contributed by atoms with Crippen molar-refractivity contribution in [2.24, 2.45) is 0 Å². The normalized spacial score (nSPS) is 18.5. The number of nitrogens with zero attached hydrogens (tertiary/aromatic N) is 2. The molecule has 0 bridgehead atoms. The van der Waals surface area contributed by atoms with E-state index in [1.54, 1.807) is 0 Å². The number of hydrogen-bond donors (Lipinski definition) is 0. The van der Waals surface area contributed by atoms with Gasteiger partial charge in [0.05, 0.1) is 0 Å². The fourth-order valence-electron chi connectivity index (χ4n) is 2.41. The highest BCUT2D eigenvalue weighted by molar-refractivity contribution is 5.48. The molecule has 1 aromatic rings. The van der Waals surface area contributed by atoms with Gasteiger partial charge in [-0.05, 0) is 18.5 Å². The topological polar surface area (TPSA) is 6.48 Å². The average molecular weight is 244 g/mol. The highest BCUT2D eigenvalue weighted by Gasteiger charge is 2.14. The van der Waals surface area contributed by atoms with Crippen LogP contribution in [-0.4, -0.2) is 49.1 Å². The number of rotatable bonds is 5. The Morgan fingerprint density at radius 2 is 1.67 bits per heavy atom. The summed E-state index contributed by atoms with van der Waals surface area (Å²) in [4.78, 5) is 5.10. The molecule has 0 atom stereocenters. The third-order valence-corrected chi connectivity index (χ3v) is 3.48. The Morgan fingerprint density at radius 1 is 1.00 bits per heavy atom. The lowest BCUT2D eigenvalue weighted by Gasteiger charge is -2.33. The molecule has 2 rings (SSSR count). The minimum absolute atomic E-state index is 1.08. The zero-order chi connectivity index (χ0) is 12.6. The van der Waals surface area contributed by atoms with Crippen molar-refractivity contribution >= 4 is 6.08 Å². The van der Waals surface area contributed by atoms with Gasteiger partial charge in [-0.25, -0.2) is 0 Å². The standard InChI is InChI=1S/C16H24N2/c1-2-10-17-12-14-18(15-13-17)11-6-9-16-7-4-3-5-8-16/h3-9H,2,10-15H2,1H3/b9-6+. The summed E-state index contributed by atoms with van der Waals surface area (Å²) in [5.41, 5.74) is 1.29. The summed E-state index contributed by atoms with van der Waals surface area (Å²) in [5, 5.41) is 0. The maximum absolute atomic E-state index is 2.57. The van der Waals surface area contributed by atoms with Crippen LogP contribution in [0.4, 0.5) is 0 Å². The molecule has 0 N–H and O–H groups in total. The molecule has 0 aromatic heterocycles. The smallest absolute Gasteiger partial charge is 0.0167 e. The van der Waals surface area contributed by atoms with E-state index in [2.05, 4.69) is 59.2 Å². The molecular formula is C16H24N2. The Morgan fingerprint density at radius 3 is 2.33 bits per heavy atom. The molecule has 0 amide bonds. The van der Waals surface area contributed by atoms with Crippen molar-refractivity contribution in [1.82, 2.24) is 9.80 Å². The summed E-state index contributed by atoms with van der Waals surface area (Å²) in [6.45, 7) is 9.47. The van der Waals surface area contributed by atoms with E-state index in [4.69, 9.17) is 0 Å². The van der Waals surface area contributed by atoms with Crippen LogP contribution in [0.1, 0.15) is 18.9 Å². The fourth-order valence-corrected chi connectivity index (χ4v) is 2.41. The van der Waals surface area contributed by atoms with Gasteiger partial charge in [-0.15, -0.1) is 0 Å². The maximum Gasteiger partial charge on any atom is 0.0167 e. The molecule has 1 saturated heterocycles. The average Bonchev–Trinajstić information content (AvgIpc) is 2.42. The third kappa shape index (κ3) is 4.28. The van der Waals surface area contributed by atoms with E-state index >= 15 is 0 Å². The maximum atomic E-state index is 2.57. The highest BCUT2D eigenvalue weighted by atomic mass is 15.3. The van der Waals surface area contributed by atoms with E-state index < -0.39 is 0 Å². The predicted molar refractivity (Wildman–Crippen MR) is 78.6 cm³/mol. The molecule has 1 heterocycles. The lowest BCUT2D eigenvalue weighted by atomic mass is 10.2. The molecular weight excluding hydrogens is 220 g/mol. The predicted octanol–water partition coefficient (Wildman–Crippen LogP) is 2.73. The van der Waals surface area contributed by atoms with Crippen molar-refractivity contribution in [3.05, 3.63) is 42.0 Å². The van der Waals surface area contributed by atoms with Crippen LogP contribution in [0.5, 0.6) is 0 Å². The number of hydrogen-bond acceptors (Lipinski definition) is 2. The SMILES string of the molecule is CCCN1CCN(C/C=C/c2ccccc2)CC1. The first kappa shape index (κ1) is 13.3. The minimum atomic E-state index is 1.08. The van der Waals surface area contributed by atoms with Gasteiger partial charge in [0.1, 0.15) is 0 Å². The third-order valence-electron chi connectivity index (χ3n) is 3.48. The second-order valence-electron chi connectivity index (χ2n) is 4.96. The summed E-state index contributed by atoms with van der Waals surface area (Å²) in [6.07, 6.45) is 5.77. The number of benzene rings is 1. The van der Waals surface area contributed by atoms with E-state index in [1.807, 2.05) is 0 Å². The van der Waals surface area contributed by atoms with Gasteiger partial charge >= 0.3 is 0 Å². The van der Waals surface area contributed by atoms with E-state index in [1.165, 1.54) is 44.7 Å². The molecule has 1 aromatic carbocycles. The second kappa shape index (κ2) is 7.34. The Hall–Kier alpha value is -1.12. The van der Waals surface area contributed by atoms with Gasteiger partial charge in [0.25, 0.3) is 0 Å². The second-order valence-corrected chi connectivity index (χ2v) is 4.96. The molecule has 1 fully saturated rings. The van der Waals surface area contributed by atoms with Crippen molar-refractivity contribution in [3.63, 3.8) is 0 Å². The first-order valence-electron chi connectivity index (χ1n) is 7.05. The van der Waals surface area contributed by atoms with Gasteiger partial charge in [-0.1, -0.05) is 49.4 Å². The number of piperazine rings is 1. The van der Waals surface area contributed by atoms with Crippen LogP contribution in [0.3, 0.4) is 0 Å². The van der Waals surface area contributed by atoms with E-state index in [9.17, 15) is 0 Å². The lowest BCUT2D eigenvalue weighted by molar-refractivity contribution is 0.143. The van der Waals surface area contributed by atoms with E-state index in [0.717, 1.165) is 6.54 Å². The summed E-state index contributed by atoms with van der Waals surface area (Å²) >= 11 is 0. The highest BCUT2D eigenvalue weighted by Crippen LogP contribution is 2.04. The van der Waals surface area contributed by atoms with Gasteiger partial charge in [-0.3, -0.25) is 4.90 Å². The zero-order valence-corrected chi connectivity index (χ0v) is 11.4. The Balaban J connectivity index is 1.71. The van der Waals surface area contributed by atoms with Crippen molar-refractivity contribution in [2.75, 3.05) is 39.3 Å². The van der Waals surface area contributed by atoms with Crippen molar-refractivity contribution < 1.29 is 0 Å². The van der Waals surface area contributed by atoms with Gasteiger partial charge in [0.2, 0.25) is 0 Å². The van der Waals surface area contributed by atoms with Gasteiger partial charge in [0, 0.05) is 32.7 Å². The molecule has 0 saturated carbocycles.